The minimum absolute atomic E-state index is 0. The topological polar surface area (TPSA) is 83.1 Å². The third kappa shape index (κ3) is 5.23. The third-order valence-corrected chi connectivity index (χ3v) is 5.53. The van der Waals surface area contributed by atoms with Crippen molar-refractivity contribution in [1.82, 2.24) is 4.98 Å². The van der Waals surface area contributed by atoms with Gasteiger partial charge in [0.2, 0.25) is 11.6 Å². The second-order valence-corrected chi connectivity index (χ2v) is 7.87. The number of benzene rings is 3. The summed E-state index contributed by atoms with van der Waals surface area (Å²) in [5.41, 5.74) is 4.37. The molecule has 1 aliphatic rings. The Hall–Kier alpha value is -4.42. The first-order valence-corrected chi connectivity index (χ1v) is 10.9. The summed E-state index contributed by atoms with van der Waals surface area (Å²) in [5.74, 6) is -0.322. The SMILES string of the molecule is Cl.O=C(C(C(=O)c1cccc(NCc2cccnc2)c1)=C1Nc2ccccc2N1)c1ccccc1. The Balaban J connectivity index is 0.00000289. The van der Waals surface area contributed by atoms with E-state index in [0.717, 1.165) is 22.6 Å². The first kappa shape index (κ1) is 23.7. The summed E-state index contributed by atoms with van der Waals surface area (Å²) in [5, 5.41) is 9.72. The number of Topliss-reactive ketones (excluding diaryl/α,β-unsaturated/α-hetero) is 2. The van der Waals surface area contributed by atoms with Crippen LogP contribution in [0, 0.1) is 0 Å². The molecule has 0 atom stereocenters. The van der Waals surface area contributed by atoms with Gasteiger partial charge in [-0.3, -0.25) is 14.6 Å². The van der Waals surface area contributed by atoms with Crippen molar-refractivity contribution in [3.05, 3.63) is 131 Å². The van der Waals surface area contributed by atoms with Gasteiger partial charge in [0.25, 0.3) is 0 Å². The van der Waals surface area contributed by atoms with E-state index >= 15 is 0 Å². The van der Waals surface area contributed by atoms with Crippen molar-refractivity contribution >= 4 is 41.0 Å². The number of pyridine rings is 1. The van der Waals surface area contributed by atoms with Crippen LogP contribution < -0.4 is 16.0 Å². The fraction of sp³-hybridized carbons (Fsp3) is 0.0357. The highest BCUT2D eigenvalue weighted by molar-refractivity contribution is 6.32. The highest BCUT2D eigenvalue weighted by Gasteiger charge is 2.29. The van der Waals surface area contributed by atoms with E-state index in [0.29, 0.717) is 23.5 Å². The maximum Gasteiger partial charge on any atom is 0.200 e. The lowest BCUT2D eigenvalue weighted by Gasteiger charge is -2.12. The minimum atomic E-state index is -0.360. The van der Waals surface area contributed by atoms with E-state index in [4.69, 9.17) is 0 Å². The molecule has 0 aliphatic carbocycles. The second-order valence-electron chi connectivity index (χ2n) is 7.87. The van der Waals surface area contributed by atoms with E-state index in [9.17, 15) is 9.59 Å². The number of carbonyl (C=O) groups is 2. The van der Waals surface area contributed by atoms with Crippen LogP contribution >= 0.6 is 12.4 Å². The normalized spacial score (nSPS) is 11.4. The number of halogens is 1. The van der Waals surface area contributed by atoms with E-state index in [1.807, 2.05) is 48.5 Å². The number of aromatic nitrogens is 1. The Morgan fingerprint density at radius 3 is 2.09 bits per heavy atom. The van der Waals surface area contributed by atoms with Gasteiger partial charge in [-0.15, -0.1) is 12.4 Å². The zero-order chi connectivity index (χ0) is 23.3. The van der Waals surface area contributed by atoms with Gasteiger partial charge in [-0.2, -0.15) is 0 Å². The molecule has 7 heteroatoms. The number of nitrogens with one attached hydrogen (secondary N) is 3. The van der Waals surface area contributed by atoms with E-state index in [1.165, 1.54) is 0 Å². The van der Waals surface area contributed by atoms with Gasteiger partial charge in [0.05, 0.1) is 11.4 Å². The standard InChI is InChI=1S/C28H22N4O2.ClH/c33-26(20-9-2-1-3-10-20)25(28-31-23-13-4-5-14-24(23)32-28)27(34)21-11-6-12-22(16-21)30-18-19-8-7-15-29-17-19;/h1-17,30-32H,18H2;1H. The van der Waals surface area contributed by atoms with Crippen LogP contribution in [0.1, 0.15) is 26.3 Å². The zero-order valence-corrected chi connectivity index (χ0v) is 19.5. The van der Waals surface area contributed by atoms with Crippen molar-refractivity contribution < 1.29 is 9.59 Å². The van der Waals surface area contributed by atoms with Gasteiger partial charge in [-0.25, -0.2) is 0 Å². The molecule has 0 radical (unpaired) electrons. The molecule has 0 saturated heterocycles. The maximum atomic E-state index is 13.7. The van der Waals surface area contributed by atoms with Gasteiger partial charge in [-0.05, 0) is 35.9 Å². The molecule has 0 amide bonds. The summed E-state index contributed by atoms with van der Waals surface area (Å²) in [4.78, 5) is 31.4. The molecule has 0 bridgehead atoms. The molecule has 2 heterocycles. The van der Waals surface area contributed by atoms with Gasteiger partial charge in [0.1, 0.15) is 11.4 Å². The Morgan fingerprint density at radius 1 is 0.743 bits per heavy atom. The Labute approximate surface area is 209 Å². The molecule has 0 unspecified atom stereocenters. The molecule has 6 nitrogen and oxygen atoms in total. The molecule has 0 fully saturated rings. The van der Waals surface area contributed by atoms with Crippen LogP contribution in [0.5, 0.6) is 0 Å². The number of allylic oxidation sites excluding steroid dienone is 1. The van der Waals surface area contributed by atoms with Crippen LogP contribution in [0.3, 0.4) is 0 Å². The van der Waals surface area contributed by atoms with Crippen LogP contribution in [-0.4, -0.2) is 16.6 Å². The van der Waals surface area contributed by atoms with Gasteiger partial charge >= 0.3 is 0 Å². The van der Waals surface area contributed by atoms with Crippen molar-refractivity contribution in [3.63, 3.8) is 0 Å². The van der Waals surface area contributed by atoms with Gasteiger partial charge in [0.15, 0.2) is 0 Å². The largest absolute Gasteiger partial charge is 0.381 e. The highest BCUT2D eigenvalue weighted by Crippen LogP contribution is 2.32. The minimum Gasteiger partial charge on any atom is -0.381 e. The lowest BCUT2D eigenvalue weighted by Crippen LogP contribution is -2.20. The molecular weight excluding hydrogens is 460 g/mol. The number of hydrogen-bond acceptors (Lipinski definition) is 6. The summed E-state index contributed by atoms with van der Waals surface area (Å²) < 4.78 is 0. The third-order valence-electron chi connectivity index (χ3n) is 5.53. The molecule has 35 heavy (non-hydrogen) atoms. The van der Waals surface area contributed by atoms with E-state index < -0.39 is 0 Å². The number of ketones is 2. The summed E-state index contributed by atoms with van der Waals surface area (Å²) in [6.07, 6.45) is 3.52. The van der Waals surface area contributed by atoms with Crippen molar-refractivity contribution in [2.75, 3.05) is 16.0 Å². The molecule has 3 N–H and O–H groups in total. The van der Waals surface area contributed by atoms with Crippen molar-refractivity contribution in [3.8, 4) is 0 Å². The molecular formula is C28H23ClN4O2. The van der Waals surface area contributed by atoms with Crippen molar-refractivity contribution in [2.45, 2.75) is 6.54 Å². The molecule has 0 saturated carbocycles. The van der Waals surface area contributed by atoms with Gasteiger partial charge in [-0.1, -0.05) is 60.7 Å². The van der Waals surface area contributed by atoms with Crippen molar-refractivity contribution in [2.24, 2.45) is 0 Å². The number of anilines is 3. The summed E-state index contributed by atoms with van der Waals surface area (Å²) >= 11 is 0. The molecule has 174 valence electrons. The maximum absolute atomic E-state index is 13.7. The first-order chi connectivity index (χ1) is 16.7. The molecule has 3 aromatic carbocycles. The quantitative estimate of drug-likeness (QED) is 0.131. The van der Waals surface area contributed by atoms with Crippen LogP contribution in [-0.2, 0) is 6.54 Å². The number of nitrogens with zero attached hydrogens (tertiary/aromatic N) is 1. The molecule has 5 rings (SSSR count). The number of fused-ring (bicyclic) bond motifs is 1. The number of para-hydroxylation sites is 2. The Bertz CT molecular complexity index is 1360. The number of rotatable bonds is 7. The number of carbonyl (C=O) groups excluding carboxylic acids is 2. The van der Waals surface area contributed by atoms with E-state index in [2.05, 4.69) is 20.9 Å². The number of hydrogen-bond donors (Lipinski definition) is 3. The Morgan fingerprint density at radius 2 is 1.40 bits per heavy atom. The van der Waals surface area contributed by atoms with Crippen LogP contribution in [0.2, 0.25) is 0 Å². The summed E-state index contributed by atoms with van der Waals surface area (Å²) in [7, 11) is 0. The average Bonchev–Trinajstić information content (AvgIpc) is 3.32. The molecule has 1 aromatic heterocycles. The summed E-state index contributed by atoms with van der Waals surface area (Å²) in [6, 6.07) is 27.5. The molecule has 0 spiro atoms. The average molecular weight is 483 g/mol. The fourth-order valence-electron chi connectivity index (χ4n) is 3.81. The van der Waals surface area contributed by atoms with Crippen LogP contribution in [0.15, 0.2) is 115 Å². The summed E-state index contributed by atoms with van der Waals surface area (Å²) in [6.45, 7) is 0.570. The van der Waals surface area contributed by atoms with Crippen LogP contribution in [0.4, 0.5) is 17.1 Å². The molecule has 1 aliphatic heterocycles. The first-order valence-electron chi connectivity index (χ1n) is 10.9. The van der Waals surface area contributed by atoms with E-state index in [1.54, 1.807) is 54.9 Å². The zero-order valence-electron chi connectivity index (χ0n) is 18.7. The van der Waals surface area contributed by atoms with Gasteiger partial charge in [0, 0.05) is 35.8 Å². The predicted molar refractivity (Wildman–Crippen MR) is 141 cm³/mol. The smallest absolute Gasteiger partial charge is 0.200 e. The fourth-order valence-corrected chi connectivity index (χ4v) is 3.81. The van der Waals surface area contributed by atoms with Gasteiger partial charge < -0.3 is 16.0 Å². The predicted octanol–water partition coefficient (Wildman–Crippen LogP) is 5.93. The lowest BCUT2D eigenvalue weighted by atomic mass is 9.95. The van der Waals surface area contributed by atoms with E-state index in [-0.39, 0.29) is 29.5 Å². The highest BCUT2D eigenvalue weighted by atomic mass is 35.5. The molecule has 4 aromatic rings. The second kappa shape index (κ2) is 10.7. The Kier molecular flexibility index (Phi) is 7.24. The van der Waals surface area contributed by atoms with Crippen LogP contribution in [0.25, 0.3) is 0 Å². The van der Waals surface area contributed by atoms with Crippen molar-refractivity contribution in [1.29, 1.82) is 0 Å². The monoisotopic (exact) mass is 482 g/mol. The lowest BCUT2D eigenvalue weighted by molar-refractivity contribution is 0.0961.